The van der Waals surface area contributed by atoms with Crippen molar-refractivity contribution in [1.29, 1.82) is 0 Å². The molecule has 20 heavy (non-hydrogen) atoms. The Morgan fingerprint density at radius 2 is 2.20 bits per heavy atom. The predicted octanol–water partition coefficient (Wildman–Crippen LogP) is 2.80. The Kier molecular flexibility index (Phi) is 4.15. The summed E-state index contributed by atoms with van der Waals surface area (Å²) in [5, 5.41) is 10.7. The molecule has 0 bridgehead atoms. The first kappa shape index (κ1) is 13.7. The molecule has 0 aliphatic heterocycles. The monoisotopic (exact) mass is 288 g/mol. The Morgan fingerprint density at radius 1 is 1.35 bits per heavy atom. The van der Waals surface area contributed by atoms with Crippen LogP contribution in [0.4, 0.5) is 0 Å². The van der Waals surface area contributed by atoms with Gasteiger partial charge in [-0.1, -0.05) is 6.07 Å². The summed E-state index contributed by atoms with van der Waals surface area (Å²) < 4.78 is 0. The van der Waals surface area contributed by atoms with E-state index in [1.807, 2.05) is 12.1 Å². The van der Waals surface area contributed by atoms with Crippen molar-refractivity contribution in [2.24, 2.45) is 5.73 Å². The van der Waals surface area contributed by atoms with Gasteiger partial charge in [0.05, 0.1) is 6.10 Å². The molecule has 2 aromatic rings. The minimum Gasteiger partial charge on any atom is -0.387 e. The summed E-state index contributed by atoms with van der Waals surface area (Å²) in [5.74, 6) is -0.0798. The van der Waals surface area contributed by atoms with E-state index in [1.54, 1.807) is 23.7 Å². The van der Waals surface area contributed by atoms with Crippen LogP contribution in [0.2, 0.25) is 0 Å². The normalized spacial score (nSPS) is 17.5. The van der Waals surface area contributed by atoms with Crippen LogP contribution in [0.15, 0.2) is 30.6 Å². The molecule has 0 aromatic carbocycles. The van der Waals surface area contributed by atoms with Crippen molar-refractivity contribution in [3.05, 3.63) is 51.5 Å². The summed E-state index contributed by atoms with van der Waals surface area (Å²) in [6.45, 7) is 0.426. The highest BCUT2D eigenvalue weighted by Crippen LogP contribution is 2.38. The molecule has 3 rings (SSSR count). The van der Waals surface area contributed by atoms with Gasteiger partial charge in [-0.25, -0.2) is 0 Å². The standard InChI is InChI=1S/C16H20N2OS/c17-9-13(12-5-3-7-18-10-12)16(19)15-8-11-4-1-2-6-14(11)20-15/h3,5,7-8,10,13,16,19H,1-2,4,6,9,17H2. The molecule has 2 aromatic heterocycles. The largest absolute Gasteiger partial charge is 0.387 e. The van der Waals surface area contributed by atoms with Gasteiger partial charge in [-0.3, -0.25) is 4.98 Å². The Bertz CT molecular complexity index is 544. The van der Waals surface area contributed by atoms with E-state index < -0.39 is 6.10 Å². The van der Waals surface area contributed by atoms with Gasteiger partial charge >= 0.3 is 0 Å². The highest BCUT2D eigenvalue weighted by molar-refractivity contribution is 7.12. The molecule has 3 N–H and O–H groups in total. The summed E-state index contributed by atoms with van der Waals surface area (Å²) in [5.41, 5.74) is 8.32. The van der Waals surface area contributed by atoms with E-state index in [-0.39, 0.29) is 5.92 Å². The van der Waals surface area contributed by atoms with Gasteiger partial charge in [0.15, 0.2) is 0 Å². The molecule has 1 aliphatic carbocycles. The molecule has 4 heteroatoms. The van der Waals surface area contributed by atoms with Crippen LogP contribution in [0.1, 0.15) is 45.7 Å². The van der Waals surface area contributed by atoms with Crippen molar-refractivity contribution < 1.29 is 5.11 Å². The van der Waals surface area contributed by atoms with Gasteiger partial charge in [-0.05, 0) is 48.9 Å². The molecule has 106 valence electrons. The number of nitrogens with zero attached hydrogens (tertiary/aromatic N) is 1. The van der Waals surface area contributed by atoms with Crippen molar-refractivity contribution in [2.45, 2.75) is 37.7 Å². The van der Waals surface area contributed by atoms with Gasteiger partial charge in [0.1, 0.15) is 0 Å². The van der Waals surface area contributed by atoms with Gasteiger partial charge in [-0.15, -0.1) is 11.3 Å². The summed E-state index contributed by atoms with van der Waals surface area (Å²) in [6.07, 6.45) is 7.86. The van der Waals surface area contributed by atoms with Crippen LogP contribution in [-0.4, -0.2) is 16.6 Å². The van der Waals surface area contributed by atoms with Crippen LogP contribution in [0.25, 0.3) is 0 Å². The van der Waals surface area contributed by atoms with Crippen LogP contribution < -0.4 is 5.73 Å². The molecular formula is C16H20N2OS. The lowest BCUT2D eigenvalue weighted by atomic mass is 9.92. The lowest BCUT2D eigenvalue weighted by Gasteiger charge is -2.20. The maximum absolute atomic E-state index is 10.7. The Labute approximate surface area is 123 Å². The predicted molar refractivity (Wildman–Crippen MR) is 82.0 cm³/mol. The van der Waals surface area contributed by atoms with E-state index in [4.69, 9.17) is 5.73 Å². The Morgan fingerprint density at radius 3 is 2.90 bits per heavy atom. The maximum Gasteiger partial charge on any atom is 0.0963 e. The number of aromatic nitrogens is 1. The van der Waals surface area contributed by atoms with E-state index >= 15 is 0 Å². The highest BCUT2D eigenvalue weighted by atomic mass is 32.1. The number of hydrogen-bond donors (Lipinski definition) is 2. The van der Waals surface area contributed by atoms with E-state index in [0.29, 0.717) is 6.54 Å². The first-order valence-electron chi connectivity index (χ1n) is 7.19. The van der Waals surface area contributed by atoms with Crippen LogP contribution in [0, 0.1) is 0 Å². The molecule has 0 saturated carbocycles. The van der Waals surface area contributed by atoms with E-state index in [9.17, 15) is 5.11 Å². The highest BCUT2D eigenvalue weighted by Gasteiger charge is 2.25. The molecule has 2 heterocycles. The molecule has 1 aliphatic rings. The van der Waals surface area contributed by atoms with Crippen LogP contribution >= 0.6 is 11.3 Å². The quantitative estimate of drug-likeness (QED) is 0.909. The first-order valence-corrected chi connectivity index (χ1v) is 8.00. The lowest BCUT2D eigenvalue weighted by Crippen LogP contribution is -2.19. The van der Waals surface area contributed by atoms with Crippen molar-refractivity contribution in [2.75, 3.05) is 6.54 Å². The third kappa shape index (κ3) is 2.64. The fraction of sp³-hybridized carbons (Fsp3) is 0.438. The number of aliphatic hydroxyl groups is 1. The molecule has 2 unspecified atom stereocenters. The van der Waals surface area contributed by atoms with Gasteiger partial charge in [0.2, 0.25) is 0 Å². The average Bonchev–Trinajstić information content (AvgIpc) is 2.93. The van der Waals surface area contributed by atoms with Crippen molar-refractivity contribution >= 4 is 11.3 Å². The van der Waals surface area contributed by atoms with Crippen molar-refractivity contribution in [3.8, 4) is 0 Å². The summed E-state index contributed by atoms with van der Waals surface area (Å²) in [4.78, 5) is 6.63. The number of hydrogen-bond acceptors (Lipinski definition) is 4. The van der Waals surface area contributed by atoms with Crippen LogP contribution in [-0.2, 0) is 12.8 Å². The third-order valence-electron chi connectivity index (χ3n) is 4.05. The smallest absolute Gasteiger partial charge is 0.0963 e. The summed E-state index contributed by atoms with van der Waals surface area (Å²) in [7, 11) is 0. The molecule has 0 radical (unpaired) electrons. The zero-order chi connectivity index (χ0) is 13.9. The molecule has 0 spiro atoms. The van der Waals surface area contributed by atoms with Gasteiger partial charge in [-0.2, -0.15) is 0 Å². The first-order chi connectivity index (χ1) is 9.79. The molecule has 0 saturated heterocycles. The molecule has 2 atom stereocenters. The number of aryl methyl sites for hydroxylation is 2. The zero-order valence-corrected chi connectivity index (χ0v) is 12.3. The maximum atomic E-state index is 10.7. The second-order valence-electron chi connectivity index (χ2n) is 5.38. The minimum atomic E-state index is -0.528. The Hall–Kier alpha value is -1.23. The third-order valence-corrected chi connectivity index (χ3v) is 5.36. The number of nitrogens with two attached hydrogens (primary N) is 1. The Balaban J connectivity index is 1.86. The van der Waals surface area contributed by atoms with E-state index in [2.05, 4.69) is 11.1 Å². The van der Waals surface area contributed by atoms with Crippen molar-refractivity contribution in [3.63, 3.8) is 0 Å². The molecular weight excluding hydrogens is 268 g/mol. The molecule has 0 amide bonds. The molecule has 3 nitrogen and oxygen atoms in total. The topological polar surface area (TPSA) is 59.1 Å². The fourth-order valence-electron chi connectivity index (χ4n) is 2.90. The van der Waals surface area contributed by atoms with Crippen LogP contribution in [0.5, 0.6) is 0 Å². The van der Waals surface area contributed by atoms with Gasteiger partial charge in [0.25, 0.3) is 0 Å². The number of fused-ring (bicyclic) bond motifs is 1. The van der Waals surface area contributed by atoms with Crippen LogP contribution in [0.3, 0.4) is 0 Å². The van der Waals surface area contributed by atoms with Gasteiger partial charge in [0, 0.05) is 34.6 Å². The zero-order valence-electron chi connectivity index (χ0n) is 11.5. The van der Waals surface area contributed by atoms with Crippen molar-refractivity contribution in [1.82, 2.24) is 4.98 Å². The number of aliphatic hydroxyl groups excluding tert-OH is 1. The lowest BCUT2D eigenvalue weighted by molar-refractivity contribution is 0.151. The number of thiophene rings is 1. The fourth-order valence-corrected chi connectivity index (χ4v) is 4.21. The minimum absolute atomic E-state index is 0.0798. The van der Waals surface area contributed by atoms with E-state index in [0.717, 1.165) is 23.3 Å². The average molecular weight is 288 g/mol. The second kappa shape index (κ2) is 6.04. The van der Waals surface area contributed by atoms with E-state index in [1.165, 1.54) is 23.3 Å². The SMILES string of the molecule is NCC(c1cccnc1)C(O)c1cc2c(s1)CCCC2. The van der Waals surface area contributed by atoms with Gasteiger partial charge < -0.3 is 10.8 Å². The number of pyridine rings is 1. The molecule has 0 fully saturated rings. The second-order valence-corrected chi connectivity index (χ2v) is 6.55. The summed E-state index contributed by atoms with van der Waals surface area (Å²) in [6, 6.07) is 6.06. The number of rotatable bonds is 4. The summed E-state index contributed by atoms with van der Waals surface area (Å²) >= 11 is 1.76.